The third-order valence-electron chi connectivity index (χ3n) is 3.14. The molecule has 2 aromatic carbocycles. The molecule has 1 N–H and O–H groups in total. The normalized spacial score (nSPS) is 12.1. The minimum atomic E-state index is -0.392. The number of hydrogen-bond donors (Lipinski definition) is 1. The molecule has 1 unspecified atom stereocenters. The standard InChI is InChI=1S/C15H14BrClN2O2/c1-10(12-2-4-14(17)5-3-12)18-9-11-6-13(16)8-15(7-11)19(20)21/h2-8,10,18H,9H2,1H3. The van der Waals surface area contributed by atoms with Gasteiger partial charge in [-0.05, 0) is 36.2 Å². The summed E-state index contributed by atoms with van der Waals surface area (Å²) < 4.78 is 0.702. The van der Waals surface area contributed by atoms with Crippen molar-refractivity contribution in [3.05, 3.63) is 73.2 Å². The van der Waals surface area contributed by atoms with E-state index < -0.39 is 4.92 Å². The highest BCUT2D eigenvalue weighted by Gasteiger charge is 2.10. The van der Waals surface area contributed by atoms with Crippen LogP contribution in [0.4, 0.5) is 5.69 Å². The van der Waals surface area contributed by atoms with Crippen LogP contribution in [-0.2, 0) is 6.54 Å². The first-order valence-corrected chi connectivity index (χ1v) is 7.55. The molecule has 0 bridgehead atoms. The monoisotopic (exact) mass is 368 g/mol. The molecule has 2 aromatic rings. The summed E-state index contributed by atoms with van der Waals surface area (Å²) in [7, 11) is 0. The lowest BCUT2D eigenvalue weighted by atomic mass is 10.1. The van der Waals surface area contributed by atoms with Gasteiger partial charge in [-0.2, -0.15) is 0 Å². The van der Waals surface area contributed by atoms with E-state index in [0.29, 0.717) is 16.0 Å². The molecular formula is C15H14BrClN2O2. The molecule has 0 aliphatic carbocycles. The second kappa shape index (κ2) is 7.02. The van der Waals surface area contributed by atoms with Crippen molar-refractivity contribution in [3.8, 4) is 0 Å². The Kier molecular flexibility index (Phi) is 5.33. The smallest absolute Gasteiger partial charge is 0.270 e. The van der Waals surface area contributed by atoms with E-state index in [4.69, 9.17) is 11.6 Å². The van der Waals surface area contributed by atoms with Gasteiger partial charge in [0.15, 0.2) is 0 Å². The molecule has 4 nitrogen and oxygen atoms in total. The number of non-ortho nitro benzene ring substituents is 1. The zero-order valence-corrected chi connectivity index (χ0v) is 13.7. The summed E-state index contributed by atoms with van der Waals surface area (Å²) in [4.78, 5) is 10.5. The summed E-state index contributed by atoms with van der Waals surface area (Å²) in [5, 5.41) is 14.9. The van der Waals surface area contributed by atoms with Crippen molar-refractivity contribution in [1.82, 2.24) is 5.32 Å². The Morgan fingerprint density at radius 1 is 1.29 bits per heavy atom. The number of hydrogen-bond acceptors (Lipinski definition) is 3. The molecule has 0 aliphatic rings. The Morgan fingerprint density at radius 3 is 2.57 bits per heavy atom. The van der Waals surface area contributed by atoms with Crippen molar-refractivity contribution in [3.63, 3.8) is 0 Å². The van der Waals surface area contributed by atoms with Crippen molar-refractivity contribution in [2.75, 3.05) is 0 Å². The Morgan fingerprint density at radius 2 is 1.95 bits per heavy atom. The molecule has 0 heterocycles. The largest absolute Gasteiger partial charge is 0.306 e. The lowest BCUT2D eigenvalue weighted by Crippen LogP contribution is -2.18. The Hall–Kier alpha value is -1.43. The molecule has 0 radical (unpaired) electrons. The average Bonchev–Trinajstić information content (AvgIpc) is 2.45. The second-order valence-corrected chi connectivity index (χ2v) is 6.08. The van der Waals surface area contributed by atoms with Crippen LogP contribution in [-0.4, -0.2) is 4.92 Å². The molecule has 21 heavy (non-hydrogen) atoms. The highest BCUT2D eigenvalue weighted by molar-refractivity contribution is 9.10. The van der Waals surface area contributed by atoms with Crippen molar-refractivity contribution in [1.29, 1.82) is 0 Å². The fraction of sp³-hybridized carbons (Fsp3) is 0.200. The summed E-state index contributed by atoms with van der Waals surface area (Å²) in [6.45, 7) is 2.58. The SMILES string of the molecule is CC(NCc1cc(Br)cc([N+](=O)[O-])c1)c1ccc(Cl)cc1. The Labute approximate surface area is 136 Å². The van der Waals surface area contributed by atoms with Crippen molar-refractivity contribution >= 4 is 33.2 Å². The van der Waals surface area contributed by atoms with Gasteiger partial charge >= 0.3 is 0 Å². The third kappa shape index (κ3) is 4.52. The second-order valence-electron chi connectivity index (χ2n) is 4.73. The molecule has 6 heteroatoms. The number of nitro groups is 1. The van der Waals surface area contributed by atoms with Gasteiger partial charge in [0.2, 0.25) is 0 Å². The first-order valence-electron chi connectivity index (χ1n) is 6.38. The zero-order valence-electron chi connectivity index (χ0n) is 11.3. The van der Waals surface area contributed by atoms with Gasteiger partial charge in [0.05, 0.1) is 4.92 Å². The van der Waals surface area contributed by atoms with Gasteiger partial charge in [-0.25, -0.2) is 0 Å². The van der Waals surface area contributed by atoms with E-state index in [1.54, 1.807) is 6.07 Å². The van der Waals surface area contributed by atoms with E-state index in [-0.39, 0.29) is 11.7 Å². The van der Waals surface area contributed by atoms with Gasteiger partial charge in [0, 0.05) is 34.2 Å². The number of nitrogens with one attached hydrogen (secondary N) is 1. The summed E-state index contributed by atoms with van der Waals surface area (Å²) in [5.74, 6) is 0. The highest BCUT2D eigenvalue weighted by atomic mass is 79.9. The minimum absolute atomic E-state index is 0.0836. The predicted molar refractivity (Wildman–Crippen MR) is 87.5 cm³/mol. The molecule has 0 spiro atoms. The topological polar surface area (TPSA) is 55.2 Å². The van der Waals surface area contributed by atoms with Crippen LogP contribution in [0.15, 0.2) is 46.9 Å². The van der Waals surface area contributed by atoms with E-state index in [9.17, 15) is 10.1 Å². The third-order valence-corrected chi connectivity index (χ3v) is 3.85. The zero-order chi connectivity index (χ0) is 15.4. The van der Waals surface area contributed by atoms with E-state index >= 15 is 0 Å². The lowest BCUT2D eigenvalue weighted by molar-refractivity contribution is -0.385. The molecular weight excluding hydrogens is 356 g/mol. The maximum Gasteiger partial charge on any atom is 0.270 e. The van der Waals surface area contributed by atoms with Gasteiger partial charge in [0.25, 0.3) is 5.69 Å². The van der Waals surface area contributed by atoms with Gasteiger partial charge in [-0.1, -0.05) is 39.7 Å². The quantitative estimate of drug-likeness (QED) is 0.605. The first-order chi connectivity index (χ1) is 9.95. The molecule has 0 aromatic heterocycles. The van der Waals surface area contributed by atoms with E-state index in [2.05, 4.69) is 21.2 Å². The molecule has 110 valence electrons. The number of nitrogens with zero attached hydrogens (tertiary/aromatic N) is 1. The molecule has 1 atom stereocenters. The maximum absolute atomic E-state index is 10.8. The molecule has 0 saturated carbocycles. The average molecular weight is 370 g/mol. The Balaban J connectivity index is 2.05. The van der Waals surface area contributed by atoms with Gasteiger partial charge in [-0.3, -0.25) is 10.1 Å². The fourth-order valence-corrected chi connectivity index (χ4v) is 2.64. The first kappa shape index (κ1) is 15.9. The van der Waals surface area contributed by atoms with Crippen LogP contribution in [0.5, 0.6) is 0 Å². The lowest BCUT2D eigenvalue weighted by Gasteiger charge is -2.14. The van der Waals surface area contributed by atoms with Gasteiger partial charge in [-0.15, -0.1) is 0 Å². The van der Waals surface area contributed by atoms with Crippen molar-refractivity contribution in [2.45, 2.75) is 19.5 Å². The molecule has 0 fully saturated rings. The summed E-state index contributed by atoms with van der Waals surface area (Å²) in [6.07, 6.45) is 0. The summed E-state index contributed by atoms with van der Waals surface area (Å²) in [5.41, 5.74) is 2.06. The maximum atomic E-state index is 10.8. The molecule has 0 aliphatic heterocycles. The van der Waals surface area contributed by atoms with Crippen LogP contribution >= 0.6 is 27.5 Å². The minimum Gasteiger partial charge on any atom is -0.306 e. The van der Waals surface area contributed by atoms with Crippen LogP contribution in [0.2, 0.25) is 5.02 Å². The number of rotatable bonds is 5. The fourth-order valence-electron chi connectivity index (χ4n) is 1.98. The molecule has 0 saturated heterocycles. The van der Waals surface area contributed by atoms with Crippen LogP contribution in [0.1, 0.15) is 24.1 Å². The number of benzene rings is 2. The molecule has 2 rings (SSSR count). The van der Waals surface area contributed by atoms with E-state index in [1.165, 1.54) is 6.07 Å². The van der Waals surface area contributed by atoms with Crippen LogP contribution in [0, 0.1) is 10.1 Å². The van der Waals surface area contributed by atoms with E-state index in [1.807, 2.05) is 37.3 Å². The summed E-state index contributed by atoms with van der Waals surface area (Å²) in [6, 6.07) is 12.7. The number of nitro benzene ring substituents is 1. The van der Waals surface area contributed by atoms with Gasteiger partial charge in [0.1, 0.15) is 0 Å². The van der Waals surface area contributed by atoms with Crippen LogP contribution in [0.3, 0.4) is 0 Å². The highest BCUT2D eigenvalue weighted by Crippen LogP contribution is 2.22. The van der Waals surface area contributed by atoms with Gasteiger partial charge < -0.3 is 5.32 Å². The Bertz CT molecular complexity index is 647. The van der Waals surface area contributed by atoms with E-state index in [0.717, 1.165) is 11.1 Å². The number of halogens is 2. The van der Waals surface area contributed by atoms with Crippen molar-refractivity contribution in [2.24, 2.45) is 0 Å². The summed E-state index contributed by atoms with van der Waals surface area (Å²) >= 11 is 9.16. The predicted octanol–water partition coefficient (Wildman–Crippen LogP) is 4.86. The van der Waals surface area contributed by atoms with Crippen LogP contribution in [0.25, 0.3) is 0 Å². The van der Waals surface area contributed by atoms with Crippen molar-refractivity contribution < 1.29 is 4.92 Å². The molecule has 0 amide bonds. The van der Waals surface area contributed by atoms with Crippen LogP contribution < -0.4 is 5.32 Å².